The number of anilines is 1. The summed E-state index contributed by atoms with van der Waals surface area (Å²) in [5, 5.41) is 13.1. The first-order chi connectivity index (χ1) is 14.9. The van der Waals surface area contributed by atoms with Crippen molar-refractivity contribution in [2.45, 2.75) is 31.7 Å². The van der Waals surface area contributed by atoms with E-state index in [-0.39, 0.29) is 17.8 Å². The van der Waals surface area contributed by atoms with E-state index < -0.39 is 0 Å². The van der Waals surface area contributed by atoms with Crippen molar-refractivity contribution in [3.8, 4) is 5.75 Å². The number of rotatable bonds is 9. The summed E-state index contributed by atoms with van der Waals surface area (Å²) in [6.07, 6.45) is 1.39. The quantitative estimate of drug-likeness (QED) is 0.305. The number of thioether (sulfide) groups is 1. The minimum Gasteiger partial charge on any atom is -0.483 e. The number of ether oxygens (including phenoxy) is 1. The van der Waals surface area contributed by atoms with E-state index in [4.69, 9.17) is 27.9 Å². The first kappa shape index (κ1) is 23.2. The Bertz CT molecular complexity index is 1090. The number of amides is 1. The van der Waals surface area contributed by atoms with E-state index in [1.807, 2.05) is 36.6 Å². The lowest BCUT2D eigenvalue weighted by Gasteiger charge is -2.16. The van der Waals surface area contributed by atoms with Crippen molar-refractivity contribution in [3.63, 3.8) is 0 Å². The van der Waals surface area contributed by atoms with Gasteiger partial charge in [-0.15, -0.1) is 16.8 Å². The van der Waals surface area contributed by atoms with Gasteiger partial charge in [0.1, 0.15) is 5.75 Å². The molecule has 1 atom stereocenters. The van der Waals surface area contributed by atoms with Crippen LogP contribution in [0.4, 0.5) is 5.69 Å². The zero-order valence-electron chi connectivity index (χ0n) is 17.1. The minimum absolute atomic E-state index is 0.159. The number of aromatic nitrogens is 3. The highest BCUT2D eigenvalue weighted by Crippen LogP contribution is 2.27. The Morgan fingerprint density at radius 1 is 1.26 bits per heavy atom. The molecule has 1 heterocycles. The average molecular weight is 477 g/mol. The summed E-state index contributed by atoms with van der Waals surface area (Å²) >= 11 is 13.5. The van der Waals surface area contributed by atoms with Crippen LogP contribution in [0.5, 0.6) is 5.75 Å². The number of benzene rings is 2. The molecule has 0 spiro atoms. The Balaban J connectivity index is 1.69. The zero-order chi connectivity index (χ0) is 22.4. The summed E-state index contributed by atoms with van der Waals surface area (Å²) in [6.45, 7) is 8.11. The Labute approximate surface area is 195 Å². The smallest absolute Gasteiger partial charge is 0.234 e. The molecule has 1 unspecified atom stereocenters. The van der Waals surface area contributed by atoms with Crippen LogP contribution in [0.2, 0.25) is 10.0 Å². The maximum absolute atomic E-state index is 12.3. The summed E-state index contributed by atoms with van der Waals surface area (Å²) in [4.78, 5) is 12.3. The summed E-state index contributed by atoms with van der Waals surface area (Å²) in [5.41, 5.74) is 1.50. The highest BCUT2D eigenvalue weighted by molar-refractivity contribution is 7.99. The van der Waals surface area contributed by atoms with E-state index in [1.54, 1.807) is 30.3 Å². The highest BCUT2D eigenvalue weighted by atomic mass is 35.5. The van der Waals surface area contributed by atoms with Gasteiger partial charge in [0, 0.05) is 11.6 Å². The second-order valence-corrected chi connectivity index (χ2v) is 8.48. The summed E-state index contributed by atoms with van der Waals surface area (Å²) < 4.78 is 7.92. The largest absolute Gasteiger partial charge is 0.483 e. The van der Waals surface area contributed by atoms with Gasteiger partial charge in [0.2, 0.25) is 5.91 Å². The van der Waals surface area contributed by atoms with Crippen molar-refractivity contribution in [2.24, 2.45) is 0 Å². The zero-order valence-corrected chi connectivity index (χ0v) is 19.5. The molecule has 6 nitrogen and oxygen atoms in total. The monoisotopic (exact) mass is 476 g/mol. The molecule has 162 valence electrons. The van der Waals surface area contributed by atoms with Gasteiger partial charge in [-0.2, -0.15) is 0 Å². The molecule has 2 aromatic carbocycles. The summed E-state index contributed by atoms with van der Waals surface area (Å²) in [7, 11) is 0. The molecule has 0 saturated carbocycles. The number of allylic oxidation sites excluding steroid dienone is 1. The van der Waals surface area contributed by atoms with E-state index in [0.717, 1.165) is 5.56 Å². The van der Waals surface area contributed by atoms with Crippen LogP contribution in [0.25, 0.3) is 0 Å². The number of halogens is 2. The van der Waals surface area contributed by atoms with Gasteiger partial charge in [0.15, 0.2) is 17.1 Å². The molecule has 1 N–H and O–H groups in total. The molecule has 0 aliphatic carbocycles. The molecule has 0 radical (unpaired) electrons. The van der Waals surface area contributed by atoms with Crippen LogP contribution in [-0.4, -0.2) is 26.4 Å². The first-order valence-corrected chi connectivity index (χ1v) is 11.3. The fraction of sp³-hybridized carbons (Fsp3) is 0.227. The third-order valence-electron chi connectivity index (χ3n) is 4.34. The second kappa shape index (κ2) is 10.7. The molecule has 1 amide bonds. The van der Waals surface area contributed by atoms with E-state index in [2.05, 4.69) is 22.1 Å². The molecule has 0 aliphatic heterocycles. The summed E-state index contributed by atoms with van der Waals surface area (Å²) in [6, 6.07) is 12.6. The van der Waals surface area contributed by atoms with Crippen LogP contribution in [0.3, 0.4) is 0 Å². The third kappa shape index (κ3) is 6.03. The number of para-hydroxylation sites is 1. The lowest BCUT2D eigenvalue weighted by molar-refractivity contribution is -0.113. The third-order valence-corrected chi connectivity index (χ3v) is 6.06. The van der Waals surface area contributed by atoms with Gasteiger partial charge in [-0.25, -0.2) is 0 Å². The van der Waals surface area contributed by atoms with Crippen molar-refractivity contribution >= 4 is 46.6 Å². The van der Waals surface area contributed by atoms with Crippen LogP contribution < -0.4 is 10.1 Å². The number of hydrogen-bond acceptors (Lipinski definition) is 5. The molecule has 0 fully saturated rings. The number of nitrogens with zero attached hydrogens (tertiary/aromatic N) is 3. The van der Waals surface area contributed by atoms with Gasteiger partial charge in [-0.1, -0.05) is 53.2 Å². The van der Waals surface area contributed by atoms with Crippen molar-refractivity contribution in [3.05, 3.63) is 76.6 Å². The minimum atomic E-state index is -0.362. The number of aryl methyl sites for hydroxylation is 1. The standard InChI is InChI=1S/C22H22Cl2N4O2S/c1-4-11-28-21(15(3)30-16-9-10-17(23)14(2)12-16)26-27-22(28)31-13-20(29)25-19-8-6-5-7-18(19)24/h4-10,12,15H,1,11,13H2,2-3H3,(H,25,29). The molecule has 3 rings (SSSR count). The number of carbonyl (C=O) groups is 1. The maximum Gasteiger partial charge on any atom is 0.234 e. The number of hydrogen-bond donors (Lipinski definition) is 1. The molecular weight excluding hydrogens is 455 g/mol. The van der Waals surface area contributed by atoms with Crippen LogP contribution >= 0.6 is 35.0 Å². The predicted octanol–water partition coefficient (Wildman–Crippen LogP) is 5.95. The lowest BCUT2D eigenvalue weighted by Crippen LogP contribution is -2.15. The van der Waals surface area contributed by atoms with Crippen LogP contribution in [-0.2, 0) is 11.3 Å². The first-order valence-electron chi connectivity index (χ1n) is 9.53. The Hall–Kier alpha value is -2.48. The van der Waals surface area contributed by atoms with Gasteiger partial charge in [0.05, 0.1) is 16.5 Å². The molecule has 0 aliphatic rings. The molecule has 0 bridgehead atoms. The van der Waals surface area contributed by atoms with Gasteiger partial charge >= 0.3 is 0 Å². The van der Waals surface area contributed by atoms with Crippen molar-refractivity contribution < 1.29 is 9.53 Å². The maximum atomic E-state index is 12.3. The van der Waals surface area contributed by atoms with Gasteiger partial charge in [-0.3, -0.25) is 9.36 Å². The van der Waals surface area contributed by atoms with E-state index >= 15 is 0 Å². The SMILES string of the molecule is C=CCn1c(SCC(=O)Nc2ccccc2Cl)nnc1C(C)Oc1ccc(Cl)c(C)c1. The molecule has 9 heteroatoms. The molecule has 31 heavy (non-hydrogen) atoms. The highest BCUT2D eigenvalue weighted by Gasteiger charge is 2.20. The van der Waals surface area contributed by atoms with Crippen LogP contribution in [0.15, 0.2) is 60.3 Å². The normalized spacial score (nSPS) is 11.7. The topological polar surface area (TPSA) is 69.0 Å². The Morgan fingerprint density at radius 2 is 2.03 bits per heavy atom. The van der Waals surface area contributed by atoms with E-state index in [0.29, 0.717) is 39.0 Å². The average Bonchev–Trinajstić information content (AvgIpc) is 3.14. The van der Waals surface area contributed by atoms with Crippen LogP contribution in [0.1, 0.15) is 24.4 Å². The Morgan fingerprint density at radius 3 is 2.74 bits per heavy atom. The second-order valence-electron chi connectivity index (χ2n) is 6.73. The fourth-order valence-corrected chi connectivity index (χ4v) is 3.89. The number of carbonyl (C=O) groups excluding carboxylic acids is 1. The predicted molar refractivity (Wildman–Crippen MR) is 126 cm³/mol. The van der Waals surface area contributed by atoms with Gasteiger partial charge in [0.25, 0.3) is 0 Å². The number of nitrogens with one attached hydrogen (secondary N) is 1. The fourth-order valence-electron chi connectivity index (χ4n) is 2.83. The van der Waals surface area contributed by atoms with E-state index in [1.165, 1.54) is 11.8 Å². The Kier molecular flexibility index (Phi) is 8.01. The van der Waals surface area contributed by atoms with Crippen molar-refractivity contribution in [1.29, 1.82) is 0 Å². The molecule has 3 aromatic rings. The lowest BCUT2D eigenvalue weighted by atomic mass is 10.2. The van der Waals surface area contributed by atoms with Gasteiger partial charge < -0.3 is 10.1 Å². The van der Waals surface area contributed by atoms with E-state index in [9.17, 15) is 4.79 Å². The van der Waals surface area contributed by atoms with Gasteiger partial charge in [-0.05, 0) is 49.7 Å². The van der Waals surface area contributed by atoms with Crippen LogP contribution in [0, 0.1) is 6.92 Å². The van der Waals surface area contributed by atoms with Crippen molar-refractivity contribution in [2.75, 3.05) is 11.1 Å². The molecule has 0 saturated heterocycles. The molecule has 1 aromatic heterocycles. The molecular formula is C22H22Cl2N4O2S. The van der Waals surface area contributed by atoms with Crippen molar-refractivity contribution in [1.82, 2.24) is 14.8 Å². The summed E-state index contributed by atoms with van der Waals surface area (Å²) in [5.74, 6) is 1.30.